The van der Waals surface area contributed by atoms with E-state index in [4.69, 9.17) is 0 Å². The fourth-order valence-corrected chi connectivity index (χ4v) is 1.84. The third-order valence-corrected chi connectivity index (χ3v) is 4.88. The Morgan fingerprint density at radius 1 is 1.50 bits per heavy atom. The first-order chi connectivity index (χ1) is 6.44. The van der Waals surface area contributed by atoms with Gasteiger partial charge in [0.05, 0.1) is 5.69 Å². The van der Waals surface area contributed by atoms with Crippen LogP contribution in [0.25, 0.3) is 0 Å². The van der Waals surface area contributed by atoms with Crippen LogP contribution in [0.4, 0.5) is 5.82 Å². The fourth-order valence-electron chi connectivity index (χ4n) is 0.787. The monoisotopic (exact) mass is 342 g/mol. The predicted octanol–water partition coefficient (Wildman–Crippen LogP) is 2.25. The number of halogens is 2. The molecule has 0 amide bonds. The van der Waals surface area contributed by atoms with Gasteiger partial charge in [-0.2, -0.15) is 0 Å². The second kappa shape index (κ2) is 4.59. The second-order valence-electron chi connectivity index (χ2n) is 2.59. The van der Waals surface area contributed by atoms with E-state index in [1.807, 2.05) is 0 Å². The largest absolute Gasteiger partial charge is 0.267 e. The van der Waals surface area contributed by atoms with Gasteiger partial charge in [-0.3, -0.25) is 4.72 Å². The van der Waals surface area contributed by atoms with Gasteiger partial charge in [-0.15, -0.1) is 0 Å². The Kier molecular flexibility index (Phi) is 3.91. The maximum atomic E-state index is 11.2. The molecule has 0 atom stereocenters. The lowest BCUT2D eigenvalue weighted by molar-refractivity contribution is 0.606. The summed E-state index contributed by atoms with van der Waals surface area (Å²) in [5.41, 5.74) is 0.736. The Morgan fingerprint density at radius 2 is 2.14 bits per heavy atom. The van der Waals surface area contributed by atoms with Crippen molar-refractivity contribution in [3.05, 3.63) is 22.3 Å². The van der Waals surface area contributed by atoms with Gasteiger partial charge >= 0.3 is 0 Å². The molecule has 0 aliphatic rings. The molecule has 0 unspecified atom stereocenters. The van der Waals surface area contributed by atoms with Gasteiger partial charge in [0.2, 0.25) is 10.0 Å². The topological polar surface area (TPSA) is 59.1 Å². The molecule has 1 aromatic rings. The molecular formula is C7H8Br2N2O2S. The quantitative estimate of drug-likeness (QED) is 0.856. The molecule has 0 aliphatic carbocycles. The molecule has 1 aromatic heterocycles. The van der Waals surface area contributed by atoms with Crippen molar-refractivity contribution in [2.75, 3.05) is 9.38 Å². The molecule has 1 rings (SSSR count). The highest BCUT2D eigenvalue weighted by Gasteiger charge is 2.08. The van der Waals surface area contributed by atoms with Crippen molar-refractivity contribution in [1.29, 1.82) is 0 Å². The Balaban J connectivity index is 2.94. The Hall–Kier alpha value is -0.140. The zero-order chi connectivity index (χ0) is 10.8. The van der Waals surface area contributed by atoms with Crippen LogP contribution < -0.4 is 4.72 Å². The molecule has 4 nitrogen and oxygen atoms in total. The summed E-state index contributed by atoms with van der Waals surface area (Å²) in [5, 5.41) is 0. The van der Waals surface area contributed by atoms with Crippen LogP contribution >= 0.6 is 31.9 Å². The molecule has 0 aromatic carbocycles. The summed E-state index contributed by atoms with van der Waals surface area (Å²) in [4.78, 5) is 4.05. The van der Waals surface area contributed by atoms with Crippen molar-refractivity contribution in [2.24, 2.45) is 0 Å². The summed E-state index contributed by atoms with van der Waals surface area (Å²) in [6, 6.07) is 3.34. The molecule has 1 N–H and O–H groups in total. The van der Waals surface area contributed by atoms with E-state index in [0.29, 0.717) is 5.82 Å². The zero-order valence-electron chi connectivity index (χ0n) is 7.29. The predicted molar refractivity (Wildman–Crippen MR) is 63.0 cm³/mol. The number of nitrogens with zero attached hydrogens (tertiary/aromatic N) is 1. The SMILES string of the molecule is Cc1nc(NS(=O)(=O)CBr)ccc1Br. The molecule has 0 bridgehead atoms. The van der Waals surface area contributed by atoms with E-state index in [2.05, 4.69) is 41.6 Å². The molecule has 0 radical (unpaired) electrons. The summed E-state index contributed by atoms with van der Waals surface area (Å²) in [5.74, 6) is 0.324. The first kappa shape index (κ1) is 11.9. The number of alkyl halides is 1. The number of anilines is 1. The molecule has 1 heterocycles. The number of aryl methyl sites for hydroxylation is 1. The number of rotatable bonds is 3. The van der Waals surface area contributed by atoms with Gasteiger partial charge in [0.15, 0.2) is 0 Å². The van der Waals surface area contributed by atoms with E-state index in [0.717, 1.165) is 10.2 Å². The molecule has 0 aliphatic heterocycles. The maximum absolute atomic E-state index is 11.2. The summed E-state index contributed by atoms with van der Waals surface area (Å²) in [6.45, 7) is 1.79. The Labute approximate surface area is 99.4 Å². The van der Waals surface area contributed by atoms with Gasteiger partial charge < -0.3 is 0 Å². The first-order valence-electron chi connectivity index (χ1n) is 3.64. The van der Waals surface area contributed by atoms with Crippen LogP contribution in [-0.4, -0.2) is 18.1 Å². The maximum Gasteiger partial charge on any atom is 0.243 e. The van der Waals surface area contributed by atoms with Gasteiger partial charge in [-0.1, -0.05) is 15.9 Å². The van der Waals surface area contributed by atoms with E-state index in [1.54, 1.807) is 19.1 Å². The lowest BCUT2D eigenvalue weighted by Gasteiger charge is -2.05. The average molecular weight is 344 g/mol. The first-order valence-corrected chi connectivity index (χ1v) is 7.21. The van der Waals surface area contributed by atoms with Crippen molar-refractivity contribution in [3.63, 3.8) is 0 Å². The van der Waals surface area contributed by atoms with E-state index >= 15 is 0 Å². The van der Waals surface area contributed by atoms with Crippen molar-refractivity contribution in [1.82, 2.24) is 4.98 Å². The van der Waals surface area contributed by atoms with Crippen LogP contribution in [0.5, 0.6) is 0 Å². The molecule has 7 heteroatoms. The van der Waals surface area contributed by atoms with Crippen LogP contribution in [0.3, 0.4) is 0 Å². The van der Waals surface area contributed by atoms with Crippen LogP contribution in [0.1, 0.15) is 5.69 Å². The van der Waals surface area contributed by atoms with Crippen LogP contribution in [0, 0.1) is 6.92 Å². The van der Waals surface area contributed by atoms with Gasteiger partial charge in [-0.05, 0) is 35.0 Å². The normalized spacial score (nSPS) is 11.4. The minimum atomic E-state index is -3.31. The molecule has 14 heavy (non-hydrogen) atoms. The molecule has 0 spiro atoms. The second-order valence-corrected chi connectivity index (χ2v) is 6.47. The van der Waals surface area contributed by atoms with E-state index in [1.165, 1.54) is 0 Å². The lowest BCUT2D eigenvalue weighted by Crippen LogP contribution is -2.14. The highest BCUT2D eigenvalue weighted by atomic mass is 79.9. The van der Waals surface area contributed by atoms with Crippen molar-refractivity contribution in [2.45, 2.75) is 6.92 Å². The van der Waals surface area contributed by atoms with Crippen molar-refractivity contribution >= 4 is 47.7 Å². The van der Waals surface area contributed by atoms with Crippen LogP contribution in [0.2, 0.25) is 0 Å². The zero-order valence-corrected chi connectivity index (χ0v) is 11.3. The van der Waals surface area contributed by atoms with Gasteiger partial charge in [0.1, 0.15) is 10.5 Å². The number of sulfonamides is 1. The minimum Gasteiger partial charge on any atom is -0.267 e. The number of nitrogens with one attached hydrogen (secondary N) is 1. The van der Waals surface area contributed by atoms with Gasteiger partial charge in [-0.25, -0.2) is 13.4 Å². The molecule has 0 fully saturated rings. The number of hydrogen-bond acceptors (Lipinski definition) is 3. The van der Waals surface area contributed by atoms with Crippen LogP contribution in [0.15, 0.2) is 16.6 Å². The van der Waals surface area contributed by atoms with Gasteiger partial charge in [0.25, 0.3) is 0 Å². The highest BCUT2D eigenvalue weighted by Crippen LogP contribution is 2.17. The molecule has 0 saturated carbocycles. The third kappa shape index (κ3) is 3.21. The van der Waals surface area contributed by atoms with E-state index in [9.17, 15) is 8.42 Å². The summed E-state index contributed by atoms with van der Waals surface area (Å²) >= 11 is 6.15. The van der Waals surface area contributed by atoms with Crippen LogP contribution in [-0.2, 0) is 10.0 Å². The lowest BCUT2D eigenvalue weighted by atomic mass is 10.4. The average Bonchev–Trinajstić information content (AvgIpc) is 2.11. The Bertz CT molecular complexity index is 433. The highest BCUT2D eigenvalue weighted by molar-refractivity contribution is 9.11. The molecular weight excluding hydrogens is 336 g/mol. The smallest absolute Gasteiger partial charge is 0.243 e. The number of aromatic nitrogens is 1. The van der Waals surface area contributed by atoms with Crippen molar-refractivity contribution in [3.8, 4) is 0 Å². The minimum absolute atomic E-state index is 0.142. The van der Waals surface area contributed by atoms with Crippen molar-refractivity contribution < 1.29 is 8.42 Å². The van der Waals surface area contributed by atoms with E-state index < -0.39 is 10.0 Å². The summed E-state index contributed by atoms with van der Waals surface area (Å²) in [7, 11) is -3.31. The summed E-state index contributed by atoms with van der Waals surface area (Å²) < 4.78 is 25.3. The number of hydrogen-bond donors (Lipinski definition) is 1. The summed E-state index contributed by atoms with van der Waals surface area (Å²) in [6.07, 6.45) is 0. The fraction of sp³-hybridized carbons (Fsp3) is 0.286. The molecule has 0 saturated heterocycles. The number of pyridine rings is 1. The third-order valence-electron chi connectivity index (χ3n) is 1.43. The van der Waals surface area contributed by atoms with Gasteiger partial charge in [0, 0.05) is 4.47 Å². The molecule has 78 valence electrons. The van der Waals surface area contributed by atoms with E-state index in [-0.39, 0.29) is 4.66 Å². The standard InChI is InChI=1S/C7H8Br2N2O2S/c1-5-6(9)2-3-7(10-5)11-14(12,13)4-8/h2-3H,4H2,1H3,(H,10,11). The Morgan fingerprint density at radius 3 is 2.64 bits per heavy atom.